The number of aryl methyl sites for hydroxylation is 1. The summed E-state index contributed by atoms with van der Waals surface area (Å²) in [4.78, 5) is 14.9. The molecular weight excluding hydrogens is 462 g/mol. The summed E-state index contributed by atoms with van der Waals surface area (Å²) in [6.07, 6.45) is 0. The predicted octanol–water partition coefficient (Wildman–Crippen LogP) is 3.86. The number of aromatic nitrogens is 3. The van der Waals surface area contributed by atoms with E-state index in [1.54, 1.807) is 19.2 Å². The Morgan fingerprint density at radius 1 is 1.21 bits per heavy atom. The predicted molar refractivity (Wildman–Crippen MR) is 131 cm³/mol. The first-order valence-electron chi connectivity index (χ1n) is 10.6. The second-order valence-corrected chi connectivity index (χ2v) is 8.94. The van der Waals surface area contributed by atoms with Gasteiger partial charge in [-0.2, -0.15) is 0 Å². The van der Waals surface area contributed by atoms with Crippen LogP contribution in [-0.4, -0.2) is 59.8 Å². The van der Waals surface area contributed by atoms with Crippen LogP contribution in [0.1, 0.15) is 11.1 Å². The fourth-order valence-electron chi connectivity index (χ4n) is 3.54. The Bertz CT molecular complexity index is 1100. The van der Waals surface area contributed by atoms with Crippen molar-refractivity contribution in [3.8, 4) is 5.75 Å². The molecule has 0 radical (unpaired) electrons. The minimum absolute atomic E-state index is 0.165. The van der Waals surface area contributed by atoms with Gasteiger partial charge in [0.1, 0.15) is 5.75 Å². The first-order valence-corrected chi connectivity index (χ1v) is 12.0. The summed E-state index contributed by atoms with van der Waals surface area (Å²) in [5, 5.41) is 13.0. The lowest BCUT2D eigenvalue weighted by atomic mass is 10.2. The minimum Gasteiger partial charge on any atom is -0.495 e. The summed E-state index contributed by atoms with van der Waals surface area (Å²) in [5.74, 6) is 1.33. The molecule has 0 aliphatic carbocycles. The highest BCUT2D eigenvalue weighted by molar-refractivity contribution is 7.99. The lowest BCUT2D eigenvalue weighted by molar-refractivity contribution is -0.113. The summed E-state index contributed by atoms with van der Waals surface area (Å²) in [6.45, 7) is 5.33. The first-order chi connectivity index (χ1) is 16.0. The number of ether oxygens (including phenoxy) is 2. The van der Waals surface area contributed by atoms with Crippen LogP contribution in [0, 0.1) is 6.92 Å². The SMILES string of the molecule is COc1cc(Cl)c(C)cc1NC(=O)CSc1nnc(N2CCOCC2)n1Cc1ccccc1. The van der Waals surface area contributed by atoms with E-state index >= 15 is 0 Å². The fourth-order valence-corrected chi connectivity index (χ4v) is 4.42. The Morgan fingerprint density at radius 3 is 2.70 bits per heavy atom. The van der Waals surface area contributed by atoms with Gasteiger partial charge < -0.3 is 19.7 Å². The molecule has 1 aliphatic rings. The van der Waals surface area contributed by atoms with Gasteiger partial charge in [-0.3, -0.25) is 9.36 Å². The van der Waals surface area contributed by atoms with Crippen LogP contribution in [0.15, 0.2) is 47.6 Å². The van der Waals surface area contributed by atoms with E-state index in [9.17, 15) is 4.79 Å². The van der Waals surface area contributed by atoms with Crippen LogP contribution in [0.2, 0.25) is 5.02 Å². The first kappa shape index (κ1) is 23.4. The Kier molecular flexibility index (Phi) is 7.74. The third-order valence-electron chi connectivity index (χ3n) is 5.26. The molecule has 1 amide bonds. The molecule has 8 nitrogen and oxygen atoms in total. The van der Waals surface area contributed by atoms with Crippen LogP contribution < -0.4 is 15.0 Å². The zero-order valence-electron chi connectivity index (χ0n) is 18.6. The van der Waals surface area contributed by atoms with Crippen LogP contribution in [-0.2, 0) is 16.1 Å². The van der Waals surface area contributed by atoms with Crippen molar-refractivity contribution in [3.05, 3.63) is 58.6 Å². The number of hydrogen-bond acceptors (Lipinski definition) is 7. The highest BCUT2D eigenvalue weighted by Crippen LogP contribution is 2.31. The van der Waals surface area contributed by atoms with Crippen molar-refractivity contribution in [2.24, 2.45) is 0 Å². The maximum absolute atomic E-state index is 12.7. The van der Waals surface area contributed by atoms with Crippen LogP contribution >= 0.6 is 23.4 Å². The molecule has 0 unspecified atom stereocenters. The molecule has 0 saturated carbocycles. The molecule has 0 spiro atoms. The number of amides is 1. The normalized spacial score (nSPS) is 13.7. The van der Waals surface area contributed by atoms with Gasteiger partial charge >= 0.3 is 0 Å². The number of benzene rings is 2. The summed E-state index contributed by atoms with van der Waals surface area (Å²) >= 11 is 7.52. The molecule has 10 heteroatoms. The highest BCUT2D eigenvalue weighted by Gasteiger charge is 2.21. The van der Waals surface area contributed by atoms with E-state index in [4.69, 9.17) is 21.1 Å². The van der Waals surface area contributed by atoms with Gasteiger partial charge in [0.2, 0.25) is 11.9 Å². The number of carbonyl (C=O) groups is 1. The van der Waals surface area contributed by atoms with Crippen molar-refractivity contribution in [3.63, 3.8) is 0 Å². The van der Waals surface area contributed by atoms with E-state index in [2.05, 4.69) is 37.1 Å². The van der Waals surface area contributed by atoms with Crippen molar-refractivity contribution in [2.45, 2.75) is 18.6 Å². The molecule has 1 fully saturated rings. The number of thioether (sulfide) groups is 1. The number of rotatable bonds is 8. The Balaban J connectivity index is 1.50. The molecule has 3 aromatic rings. The van der Waals surface area contributed by atoms with Crippen LogP contribution in [0.5, 0.6) is 5.75 Å². The molecule has 2 heterocycles. The molecule has 1 aromatic heterocycles. The number of hydrogen-bond donors (Lipinski definition) is 1. The van der Waals surface area contributed by atoms with E-state index in [0.717, 1.165) is 30.2 Å². The fraction of sp³-hybridized carbons (Fsp3) is 0.348. The molecule has 33 heavy (non-hydrogen) atoms. The smallest absolute Gasteiger partial charge is 0.234 e. The van der Waals surface area contributed by atoms with Gasteiger partial charge in [-0.25, -0.2) is 0 Å². The molecule has 0 bridgehead atoms. The summed E-state index contributed by atoms with van der Waals surface area (Å²) in [7, 11) is 1.55. The summed E-state index contributed by atoms with van der Waals surface area (Å²) in [5.41, 5.74) is 2.59. The van der Waals surface area contributed by atoms with Gasteiger partial charge in [0.05, 0.1) is 38.3 Å². The number of morpholine rings is 1. The zero-order valence-corrected chi connectivity index (χ0v) is 20.2. The van der Waals surface area contributed by atoms with Gasteiger partial charge in [-0.15, -0.1) is 10.2 Å². The lowest BCUT2D eigenvalue weighted by Gasteiger charge is -2.28. The van der Waals surface area contributed by atoms with Gasteiger partial charge in [-0.05, 0) is 24.1 Å². The Labute approximate surface area is 202 Å². The molecule has 1 saturated heterocycles. The van der Waals surface area contributed by atoms with E-state index in [1.807, 2.05) is 25.1 Å². The monoisotopic (exact) mass is 487 g/mol. The highest BCUT2D eigenvalue weighted by atomic mass is 35.5. The molecular formula is C23H26ClN5O3S. The quantitative estimate of drug-likeness (QED) is 0.483. The Morgan fingerprint density at radius 2 is 1.97 bits per heavy atom. The van der Waals surface area contributed by atoms with Gasteiger partial charge in [0, 0.05) is 24.2 Å². The number of nitrogens with one attached hydrogen (secondary N) is 1. The van der Waals surface area contributed by atoms with Crippen LogP contribution in [0.4, 0.5) is 11.6 Å². The number of carbonyl (C=O) groups excluding carboxylic acids is 1. The minimum atomic E-state index is -0.165. The molecule has 174 valence electrons. The molecule has 1 N–H and O–H groups in total. The average molecular weight is 488 g/mol. The zero-order chi connectivity index (χ0) is 23.2. The average Bonchev–Trinajstić information content (AvgIpc) is 3.23. The standard InChI is InChI=1S/C23H26ClN5O3S/c1-16-12-19(20(31-2)13-18(16)24)25-21(30)15-33-23-27-26-22(28-8-10-32-11-9-28)29(23)14-17-6-4-3-5-7-17/h3-7,12-13H,8-11,14-15H2,1-2H3,(H,25,30). The van der Waals surface area contributed by atoms with E-state index in [0.29, 0.717) is 41.4 Å². The van der Waals surface area contributed by atoms with Gasteiger partial charge in [0.15, 0.2) is 5.16 Å². The van der Waals surface area contributed by atoms with Gasteiger partial charge in [0.25, 0.3) is 0 Å². The van der Waals surface area contributed by atoms with Crippen LogP contribution in [0.3, 0.4) is 0 Å². The Hall–Kier alpha value is -2.75. The largest absolute Gasteiger partial charge is 0.495 e. The maximum Gasteiger partial charge on any atom is 0.234 e. The summed E-state index contributed by atoms with van der Waals surface area (Å²) in [6, 6.07) is 13.7. The molecule has 2 aromatic carbocycles. The van der Waals surface area contributed by atoms with E-state index in [1.165, 1.54) is 11.8 Å². The van der Waals surface area contributed by atoms with E-state index in [-0.39, 0.29) is 11.7 Å². The summed E-state index contributed by atoms with van der Waals surface area (Å²) < 4.78 is 12.9. The third-order valence-corrected chi connectivity index (χ3v) is 6.64. The number of anilines is 2. The van der Waals surface area contributed by atoms with Crippen molar-refractivity contribution < 1.29 is 14.3 Å². The molecule has 0 atom stereocenters. The third kappa shape index (κ3) is 5.79. The van der Waals surface area contributed by atoms with Crippen molar-refractivity contribution >= 4 is 40.9 Å². The van der Waals surface area contributed by atoms with Crippen molar-refractivity contribution in [1.82, 2.24) is 14.8 Å². The molecule has 4 rings (SSSR count). The van der Waals surface area contributed by atoms with Crippen molar-refractivity contribution in [2.75, 3.05) is 49.4 Å². The maximum atomic E-state index is 12.7. The number of halogens is 1. The second-order valence-electron chi connectivity index (χ2n) is 7.59. The number of nitrogens with zero attached hydrogens (tertiary/aromatic N) is 4. The molecule has 1 aliphatic heterocycles. The van der Waals surface area contributed by atoms with Crippen molar-refractivity contribution in [1.29, 1.82) is 0 Å². The van der Waals surface area contributed by atoms with Gasteiger partial charge in [-0.1, -0.05) is 53.7 Å². The lowest BCUT2D eigenvalue weighted by Crippen LogP contribution is -2.38. The van der Waals surface area contributed by atoms with Crippen LogP contribution in [0.25, 0.3) is 0 Å². The topological polar surface area (TPSA) is 81.5 Å². The van der Waals surface area contributed by atoms with E-state index < -0.39 is 0 Å². The number of methoxy groups -OCH3 is 1. The second kappa shape index (κ2) is 10.9.